The largest absolute Gasteiger partial charge is 0.366 e. The number of hydrogen-bond donors (Lipinski definition) is 3. The molecule has 1 aromatic carbocycles. The Morgan fingerprint density at radius 1 is 1.36 bits per heavy atom. The van der Waals surface area contributed by atoms with Gasteiger partial charge < -0.3 is 11.1 Å². The Hall–Kier alpha value is -2.32. The fourth-order valence-electron chi connectivity index (χ4n) is 2.03. The summed E-state index contributed by atoms with van der Waals surface area (Å²) < 4.78 is 14.8. The molecule has 0 fully saturated rings. The molecule has 9 heteroatoms. The van der Waals surface area contributed by atoms with E-state index in [0.29, 0.717) is 22.5 Å². The second-order valence-corrected chi connectivity index (χ2v) is 5.19. The van der Waals surface area contributed by atoms with Crippen molar-refractivity contribution in [2.45, 2.75) is 0 Å². The molecule has 0 atom stereocenters. The maximum Gasteiger partial charge on any atom is 0.250 e. The number of nitrogens with one attached hydrogen (secondary N) is 1. The van der Waals surface area contributed by atoms with Crippen LogP contribution in [0.1, 0.15) is 10.4 Å². The Kier molecular flexibility index (Phi) is 3.63. The molecule has 2 aromatic heterocycles. The monoisotopic (exact) mass is 337 g/mol. The van der Waals surface area contributed by atoms with Gasteiger partial charge in [0.25, 0.3) is 5.91 Å². The van der Waals surface area contributed by atoms with Crippen LogP contribution in [0.15, 0.2) is 30.5 Å². The van der Waals surface area contributed by atoms with Crippen molar-refractivity contribution in [3.63, 3.8) is 0 Å². The van der Waals surface area contributed by atoms with Crippen molar-refractivity contribution in [1.82, 2.24) is 13.9 Å². The number of nitrogens with zero attached hydrogens (tertiary/aromatic N) is 3. The Morgan fingerprint density at radius 3 is 2.86 bits per heavy atom. The minimum atomic E-state index is -0.759. The van der Waals surface area contributed by atoms with Gasteiger partial charge in [-0.3, -0.25) is 8.77 Å². The van der Waals surface area contributed by atoms with E-state index in [0.717, 1.165) is 6.07 Å². The molecule has 3 rings (SSSR count). The molecule has 0 aliphatic heterocycles. The van der Waals surface area contributed by atoms with E-state index in [1.54, 1.807) is 12.3 Å². The second kappa shape index (κ2) is 5.47. The van der Waals surface area contributed by atoms with Gasteiger partial charge in [-0.05, 0) is 35.9 Å². The molecule has 1 amide bonds. The number of carbonyl (C=O) groups is 1. The van der Waals surface area contributed by atoms with E-state index in [1.807, 2.05) is 0 Å². The summed E-state index contributed by atoms with van der Waals surface area (Å²) in [6.07, 6.45) is 1.67. The number of anilines is 2. The number of nitrogens with two attached hydrogens (primary N) is 1. The summed E-state index contributed by atoms with van der Waals surface area (Å²) >= 11 is 10.1. The number of hydrogen-bond acceptors (Lipinski definition) is 5. The molecule has 0 aliphatic rings. The topological polar surface area (TPSA) is 85.8 Å². The lowest BCUT2D eigenvalue weighted by molar-refractivity contribution is 0.100. The zero-order valence-electron chi connectivity index (χ0n) is 10.9. The molecule has 0 radical (unpaired) electrons. The number of amides is 1. The summed E-state index contributed by atoms with van der Waals surface area (Å²) in [4.78, 5) is 19.6. The van der Waals surface area contributed by atoms with Crippen LogP contribution >= 0.6 is 24.4 Å². The van der Waals surface area contributed by atoms with Crippen LogP contribution in [0.2, 0.25) is 5.28 Å². The van der Waals surface area contributed by atoms with Crippen molar-refractivity contribution in [2.24, 2.45) is 5.73 Å². The number of primary amides is 1. The number of aromatic nitrogens is 3. The number of halogens is 2. The van der Waals surface area contributed by atoms with Crippen LogP contribution < -0.4 is 11.1 Å². The van der Waals surface area contributed by atoms with Crippen LogP contribution in [0, 0.1) is 5.82 Å². The Labute approximate surface area is 134 Å². The van der Waals surface area contributed by atoms with Gasteiger partial charge in [0.1, 0.15) is 11.6 Å². The predicted octanol–water partition coefficient (Wildman–Crippen LogP) is 2.76. The Bertz CT molecular complexity index is 898. The quantitative estimate of drug-likeness (QED) is 0.506. The molecule has 112 valence electrons. The van der Waals surface area contributed by atoms with E-state index in [-0.39, 0.29) is 10.8 Å². The Balaban J connectivity index is 2.13. The third kappa shape index (κ3) is 2.58. The average molecular weight is 338 g/mol. The lowest BCUT2D eigenvalue weighted by Crippen LogP contribution is -2.14. The van der Waals surface area contributed by atoms with Crippen molar-refractivity contribution in [3.05, 3.63) is 47.1 Å². The predicted molar refractivity (Wildman–Crippen MR) is 85.1 cm³/mol. The van der Waals surface area contributed by atoms with Crippen LogP contribution in [0.4, 0.5) is 15.9 Å². The molecule has 3 N–H and O–H groups in total. The van der Waals surface area contributed by atoms with Crippen LogP contribution in [0.25, 0.3) is 11.0 Å². The molecule has 22 heavy (non-hydrogen) atoms. The minimum absolute atomic E-state index is 0.00624. The van der Waals surface area contributed by atoms with E-state index in [2.05, 4.69) is 28.1 Å². The standard InChI is InChI=1S/C13H9ClFN5OS/c14-13-18-11(7-3-4-20(22)12(7)19-13)17-9-2-1-6(15)5-8(9)10(16)21/h1-5,22H,(H2,16,21)(H,17,18,19). The zero-order valence-corrected chi connectivity index (χ0v) is 12.6. The van der Waals surface area contributed by atoms with Crippen LogP contribution in [-0.2, 0) is 0 Å². The van der Waals surface area contributed by atoms with Crippen molar-refractivity contribution in [2.75, 3.05) is 5.32 Å². The average Bonchev–Trinajstić information content (AvgIpc) is 2.82. The molecule has 0 bridgehead atoms. The number of thiol groups is 1. The first-order valence-electron chi connectivity index (χ1n) is 6.06. The maximum absolute atomic E-state index is 13.3. The van der Waals surface area contributed by atoms with E-state index >= 15 is 0 Å². The lowest BCUT2D eigenvalue weighted by atomic mass is 10.1. The Morgan fingerprint density at radius 2 is 2.14 bits per heavy atom. The summed E-state index contributed by atoms with van der Waals surface area (Å²) in [5.74, 6) is -0.964. The maximum atomic E-state index is 13.3. The summed E-state index contributed by atoms with van der Waals surface area (Å²) in [6, 6.07) is 5.39. The van der Waals surface area contributed by atoms with E-state index < -0.39 is 11.7 Å². The fourth-order valence-corrected chi connectivity index (χ4v) is 2.41. The molecule has 0 unspecified atom stereocenters. The van der Waals surface area contributed by atoms with Crippen molar-refractivity contribution < 1.29 is 9.18 Å². The second-order valence-electron chi connectivity index (χ2n) is 4.42. The highest BCUT2D eigenvalue weighted by molar-refractivity contribution is 7.78. The van der Waals surface area contributed by atoms with Crippen molar-refractivity contribution >= 4 is 52.9 Å². The number of benzene rings is 1. The molecule has 3 aromatic rings. The van der Waals surface area contributed by atoms with Gasteiger partial charge in [-0.2, -0.15) is 9.97 Å². The van der Waals surface area contributed by atoms with E-state index in [4.69, 9.17) is 17.3 Å². The molecular weight excluding hydrogens is 329 g/mol. The summed E-state index contributed by atoms with van der Waals surface area (Å²) in [6.45, 7) is 0. The molecule has 0 aliphatic carbocycles. The van der Waals surface area contributed by atoms with Gasteiger partial charge >= 0.3 is 0 Å². The third-order valence-corrected chi connectivity index (χ3v) is 3.49. The van der Waals surface area contributed by atoms with E-state index in [9.17, 15) is 9.18 Å². The molecule has 0 saturated heterocycles. The van der Waals surface area contributed by atoms with Gasteiger partial charge in [0.2, 0.25) is 5.28 Å². The van der Waals surface area contributed by atoms with Gasteiger partial charge in [0, 0.05) is 6.20 Å². The van der Waals surface area contributed by atoms with Crippen LogP contribution in [0.3, 0.4) is 0 Å². The van der Waals surface area contributed by atoms with Gasteiger partial charge in [0.15, 0.2) is 5.65 Å². The molecular formula is C13H9ClFN5OS. The fraction of sp³-hybridized carbons (Fsp3) is 0. The zero-order chi connectivity index (χ0) is 15.9. The first-order chi connectivity index (χ1) is 10.5. The first-order valence-corrected chi connectivity index (χ1v) is 6.84. The lowest BCUT2D eigenvalue weighted by Gasteiger charge is -2.10. The molecule has 0 spiro atoms. The molecule has 2 heterocycles. The highest BCUT2D eigenvalue weighted by Crippen LogP contribution is 2.28. The SMILES string of the molecule is NC(=O)c1cc(F)ccc1Nc1nc(Cl)nc2c1ccn2S. The highest BCUT2D eigenvalue weighted by Gasteiger charge is 2.14. The van der Waals surface area contributed by atoms with Crippen LogP contribution in [0.5, 0.6) is 0 Å². The van der Waals surface area contributed by atoms with Crippen molar-refractivity contribution in [1.29, 1.82) is 0 Å². The molecule has 0 saturated carbocycles. The number of fused-ring (bicyclic) bond motifs is 1. The number of rotatable bonds is 3. The smallest absolute Gasteiger partial charge is 0.250 e. The van der Waals surface area contributed by atoms with Gasteiger partial charge in [-0.1, -0.05) is 12.8 Å². The first kappa shape index (κ1) is 14.6. The summed E-state index contributed by atoms with van der Waals surface area (Å²) in [5, 5.41) is 3.57. The van der Waals surface area contributed by atoms with Crippen LogP contribution in [-0.4, -0.2) is 19.8 Å². The van der Waals surface area contributed by atoms with Gasteiger partial charge in [-0.15, -0.1) is 0 Å². The van der Waals surface area contributed by atoms with Gasteiger partial charge in [-0.25, -0.2) is 4.39 Å². The molecule has 6 nitrogen and oxygen atoms in total. The third-order valence-electron chi connectivity index (χ3n) is 3.00. The highest BCUT2D eigenvalue weighted by atomic mass is 35.5. The summed E-state index contributed by atoms with van der Waals surface area (Å²) in [7, 11) is 0. The summed E-state index contributed by atoms with van der Waals surface area (Å²) in [5.41, 5.74) is 6.08. The van der Waals surface area contributed by atoms with Crippen molar-refractivity contribution in [3.8, 4) is 0 Å². The minimum Gasteiger partial charge on any atom is -0.366 e. The normalized spacial score (nSPS) is 10.9. The van der Waals surface area contributed by atoms with E-state index in [1.165, 1.54) is 16.1 Å². The number of carbonyl (C=O) groups excluding carboxylic acids is 1. The van der Waals surface area contributed by atoms with Gasteiger partial charge in [0.05, 0.1) is 16.6 Å².